The van der Waals surface area contributed by atoms with Crippen LogP contribution in [-0.2, 0) is 9.84 Å². The van der Waals surface area contributed by atoms with E-state index in [2.05, 4.69) is 5.32 Å². The second-order valence-electron chi connectivity index (χ2n) is 4.99. The highest BCUT2D eigenvalue weighted by molar-refractivity contribution is 7.90. The largest absolute Gasteiger partial charge is 0.394 e. The summed E-state index contributed by atoms with van der Waals surface area (Å²) in [5.41, 5.74) is -0.315. The lowest BCUT2D eigenvalue weighted by Crippen LogP contribution is -2.53. The third-order valence-corrected chi connectivity index (χ3v) is 4.04. The van der Waals surface area contributed by atoms with Crippen LogP contribution < -0.4 is 5.32 Å². The number of aliphatic hydroxyl groups is 1. The molecule has 1 aliphatic rings. The fraction of sp³-hybridized carbons (Fsp3) is 1.00. The molecule has 0 aromatic rings. The minimum Gasteiger partial charge on any atom is -0.394 e. The molecule has 1 rings (SSSR count). The number of hydrogen-bond acceptors (Lipinski definition) is 4. The lowest BCUT2D eigenvalue weighted by atomic mass is 9.96. The molecule has 15 heavy (non-hydrogen) atoms. The second kappa shape index (κ2) is 4.39. The van der Waals surface area contributed by atoms with Crippen LogP contribution in [0.1, 0.15) is 26.7 Å². The number of sulfone groups is 1. The Hall–Kier alpha value is -0.130. The highest BCUT2D eigenvalue weighted by atomic mass is 32.2. The first kappa shape index (κ1) is 12.9. The van der Waals surface area contributed by atoms with Gasteiger partial charge < -0.3 is 10.4 Å². The van der Waals surface area contributed by atoms with E-state index in [0.717, 1.165) is 12.8 Å². The smallest absolute Gasteiger partial charge is 0.148 e. The number of rotatable bonds is 6. The van der Waals surface area contributed by atoms with E-state index in [9.17, 15) is 13.5 Å². The molecule has 0 aromatic heterocycles. The predicted octanol–water partition coefficient (Wildman–Crippen LogP) is 0.170. The second-order valence-corrected chi connectivity index (χ2v) is 7.17. The van der Waals surface area contributed by atoms with Crippen molar-refractivity contribution < 1.29 is 13.5 Å². The van der Waals surface area contributed by atoms with Crippen molar-refractivity contribution in [3.8, 4) is 0 Å². The molecule has 1 aliphatic carbocycles. The van der Waals surface area contributed by atoms with Gasteiger partial charge in [0.25, 0.3) is 0 Å². The van der Waals surface area contributed by atoms with Gasteiger partial charge in [-0.1, -0.05) is 0 Å². The van der Waals surface area contributed by atoms with E-state index in [1.54, 1.807) is 0 Å². The first-order valence-electron chi connectivity index (χ1n) is 5.33. The molecule has 5 heteroatoms. The van der Waals surface area contributed by atoms with Crippen LogP contribution in [0.5, 0.6) is 0 Å². The van der Waals surface area contributed by atoms with Gasteiger partial charge in [-0.05, 0) is 32.6 Å². The average molecular weight is 235 g/mol. The molecule has 1 saturated carbocycles. The summed E-state index contributed by atoms with van der Waals surface area (Å²) in [4.78, 5) is 0. The van der Waals surface area contributed by atoms with E-state index in [4.69, 9.17) is 0 Å². The number of hydrogen-bond donors (Lipinski definition) is 2. The van der Waals surface area contributed by atoms with Gasteiger partial charge in [-0.15, -0.1) is 0 Å². The number of nitrogens with one attached hydrogen (secondary N) is 1. The van der Waals surface area contributed by atoms with Crippen molar-refractivity contribution in [2.45, 2.75) is 38.3 Å². The highest BCUT2D eigenvalue weighted by Gasteiger charge is 2.41. The van der Waals surface area contributed by atoms with Gasteiger partial charge in [0.15, 0.2) is 0 Å². The summed E-state index contributed by atoms with van der Waals surface area (Å²) in [6, 6.07) is -0.113. The molecule has 2 unspecified atom stereocenters. The highest BCUT2D eigenvalue weighted by Crippen LogP contribution is 2.39. The maximum Gasteiger partial charge on any atom is 0.148 e. The van der Waals surface area contributed by atoms with E-state index in [0.29, 0.717) is 5.92 Å². The minimum absolute atomic E-state index is 0.0613. The van der Waals surface area contributed by atoms with Gasteiger partial charge in [0.05, 0.1) is 12.4 Å². The molecule has 0 aromatic carbocycles. The Bertz CT molecular complexity index is 311. The third-order valence-electron chi connectivity index (χ3n) is 2.94. The van der Waals surface area contributed by atoms with E-state index in [1.807, 2.05) is 13.8 Å². The molecule has 0 amide bonds. The molecule has 4 nitrogen and oxygen atoms in total. The van der Waals surface area contributed by atoms with Crippen LogP contribution >= 0.6 is 0 Å². The zero-order valence-corrected chi connectivity index (χ0v) is 10.5. The summed E-state index contributed by atoms with van der Waals surface area (Å²) >= 11 is 0. The third kappa shape index (κ3) is 4.09. The van der Waals surface area contributed by atoms with Crippen LogP contribution in [0, 0.1) is 5.92 Å². The van der Waals surface area contributed by atoms with Crippen LogP contribution in [0.25, 0.3) is 0 Å². The Kier molecular flexibility index (Phi) is 3.79. The van der Waals surface area contributed by atoms with Gasteiger partial charge in [-0.2, -0.15) is 0 Å². The molecular weight excluding hydrogens is 214 g/mol. The summed E-state index contributed by atoms with van der Waals surface area (Å²) in [5.74, 6) is 0.611. The number of aliphatic hydroxyl groups excluding tert-OH is 1. The zero-order chi connectivity index (χ0) is 11.7. The van der Waals surface area contributed by atoms with Crippen molar-refractivity contribution in [2.24, 2.45) is 5.92 Å². The maximum absolute atomic E-state index is 11.1. The quantitative estimate of drug-likeness (QED) is 0.689. The molecule has 90 valence electrons. The Balaban J connectivity index is 2.51. The fourth-order valence-electron chi connectivity index (χ4n) is 2.07. The van der Waals surface area contributed by atoms with Crippen LogP contribution in [0.4, 0.5) is 0 Å². The first-order chi connectivity index (χ1) is 6.77. The van der Waals surface area contributed by atoms with Gasteiger partial charge in [0, 0.05) is 17.8 Å². The molecule has 0 saturated heterocycles. The van der Waals surface area contributed by atoms with Gasteiger partial charge >= 0.3 is 0 Å². The Morgan fingerprint density at radius 3 is 2.40 bits per heavy atom. The molecule has 0 heterocycles. The summed E-state index contributed by atoms with van der Waals surface area (Å²) in [5, 5.41) is 12.6. The first-order valence-corrected chi connectivity index (χ1v) is 7.39. The molecule has 0 radical (unpaired) electrons. The van der Waals surface area contributed by atoms with E-state index < -0.39 is 9.84 Å². The molecule has 0 spiro atoms. The topological polar surface area (TPSA) is 66.4 Å². The summed E-state index contributed by atoms with van der Waals surface area (Å²) in [7, 11) is -2.95. The van der Waals surface area contributed by atoms with Gasteiger partial charge in [0.2, 0.25) is 0 Å². The fourth-order valence-corrected chi connectivity index (χ4v) is 3.06. The monoisotopic (exact) mass is 235 g/mol. The molecular formula is C10H21NO3S. The van der Waals surface area contributed by atoms with Crippen molar-refractivity contribution in [3.63, 3.8) is 0 Å². The van der Waals surface area contributed by atoms with Crippen molar-refractivity contribution in [1.29, 1.82) is 0 Å². The van der Waals surface area contributed by atoms with Crippen LogP contribution in [0.15, 0.2) is 0 Å². The lowest BCUT2D eigenvalue weighted by Gasteiger charge is -2.32. The molecule has 2 N–H and O–H groups in total. The Morgan fingerprint density at radius 2 is 2.07 bits per heavy atom. The Labute approximate surface area is 92.0 Å². The SMILES string of the molecule is CC(CS(C)(=O)=O)NC(C)(CO)C1CC1. The standard InChI is InChI=1S/C10H21NO3S/c1-8(6-15(3,13)14)11-10(2,7-12)9-4-5-9/h8-9,11-12H,4-7H2,1-3H3. The average Bonchev–Trinajstić information content (AvgIpc) is 2.81. The van der Waals surface area contributed by atoms with Gasteiger partial charge in [-0.25, -0.2) is 8.42 Å². The van der Waals surface area contributed by atoms with E-state index in [1.165, 1.54) is 6.26 Å². The minimum atomic E-state index is -2.95. The van der Waals surface area contributed by atoms with Crippen LogP contribution in [0.2, 0.25) is 0 Å². The van der Waals surface area contributed by atoms with Crippen molar-refractivity contribution >= 4 is 9.84 Å². The normalized spacial score (nSPS) is 23.5. The molecule has 0 aliphatic heterocycles. The molecule has 0 bridgehead atoms. The maximum atomic E-state index is 11.1. The zero-order valence-electron chi connectivity index (χ0n) is 9.66. The molecule has 2 atom stereocenters. The molecule has 1 fully saturated rings. The van der Waals surface area contributed by atoms with Crippen molar-refractivity contribution in [3.05, 3.63) is 0 Å². The van der Waals surface area contributed by atoms with Gasteiger partial charge in [-0.3, -0.25) is 0 Å². The summed E-state index contributed by atoms with van der Waals surface area (Å²) < 4.78 is 22.2. The summed E-state index contributed by atoms with van der Waals surface area (Å²) in [6.45, 7) is 3.87. The van der Waals surface area contributed by atoms with E-state index >= 15 is 0 Å². The van der Waals surface area contributed by atoms with Gasteiger partial charge in [0.1, 0.15) is 9.84 Å². The van der Waals surface area contributed by atoms with Crippen molar-refractivity contribution in [2.75, 3.05) is 18.6 Å². The van der Waals surface area contributed by atoms with Crippen molar-refractivity contribution in [1.82, 2.24) is 5.32 Å². The lowest BCUT2D eigenvalue weighted by molar-refractivity contribution is 0.146. The van der Waals surface area contributed by atoms with E-state index in [-0.39, 0.29) is 23.9 Å². The Morgan fingerprint density at radius 1 is 1.53 bits per heavy atom. The van der Waals surface area contributed by atoms with Crippen LogP contribution in [-0.4, -0.2) is 43.7 Å². The summed E-state index contributed by atoms with van der Waals surface area (Å²) in [6.07, 6.45) is 3.48. The predicted molar refractivity (Wildman–Crippen MR) is 60.5 cm³/mol. The van der Waals surface area contributed by atoms with Crippen LogP contribution in [0.3, 0.4) is 0 Å².